The second-order valence-electron chi connectivity index (χ2n) is 3.92. The Balaban J connectivity index is 2.36. The van der Waals surface area contributed by atoms with Gasteiger partial charge in [0.1, 0.15) is 17.3 Å². The van der Waals surface area contributed by atoms with E-state index in [1.807, 2.05) is 6.92 Å². The number of hydrogen-bond donors (Lipinski definition) is 1. The van der Waals surface area contributed by atoms with Crippen LogP contribution in [0.15, 0.2) is 36.4 Å². The highest BCUT2D eigenvalue weighted by atomic mass is 35.5. The van der Waals surface area contributed by atoms with Crippen LogP contribution in [0.2, 0.25) is 5.02 Å². The molecule has 0 spiro atoms. The van der Waals surface area contributed by atoms with Crippen LogP contribution >= 0.6 is 11.6 Å². The van der Waals surface area contributed by atoms with Gasteiger partial charge in [-0.05, 0) is 36.8 Å². The summed E-state index contributed by atoms with van der Waals surface area (Å²) in [4.78, 5) is 0. The van der Waals surface area contributed by atoms with Crippen molar-refractivity contribution in [2.24, 2.45) is 0 Å². The summed E-state index contributed by atoms with van der Waals surface area (Å²) < 4.78 is 18.8. The summed E-state index contributed by atoms with van der Waals surface area (Å²) in [5.74, 6) is 0.526. The van der Waals surface area contributed by atoms with E-state index in [1.54, 1.807) is 24.3 Å². The minimum absolute atomic E-state index is 0.190. The van der Waals surface area contributed by atoms with E-state index in [0.717, 1.165) is 5.56 Å². The van der Waals surface area contributed by atoms with Gasteiger partial charge >= 0.3 is 0 Å². The van der Waals surface area contributed by atoms with Crippen LogP contribution in [0.5, 0.6) is 11.5 Å². The predicted octanol–water partition coefficient (Wildman–Crippen LogP) is 4.07. The van der Waals surface area contributed by atoms with Crippen LogP contribution in [0.4, 0.5) is 4.39 Å². The first-order valence-electron chi connectivity index (χ1n) is 5.43. The van der Waals surface area contributed by atoms with Crippen molar-refractivity contribution in [1.29, 1.82) is 0 Å². The molecule has 0 aromatic heterocycles. The van der Waals surface area contributed by atoms with Gasteiger partial charge in [-0.2, -0.15) is 0 Å². The first kappa shape index (κ1) is 12.9. The maximum Gasteiger partial charge on any atom is 0.133 e. The van der Waals surface area contributed by atoms with Gasteiger partial charge in [0, 0.05) is 16.7 Å². The van der Waals surface area contributed by atoms with Crippen molar-refractivity contribution >= 4 is 11.6 Å². The Morgan fingerprint density at radius 3 is 2.67 bits per heavy atom. The molecule has 2 nitrogen and oxygen atoms in total. The van der Waals surface area contributed by atoms with Gasteiger partial charge in [-0.3, -0.25) is 0 Å². The Morgan fingerprint density at radius 1 is 1.17 bits per heavy atom. The first-order valence-corrected chi connectivity index (χ1v) is 5.81. The zero-order valence-corrected chi connectivity index (χ0v) is 10.5. The monoisotopic (exact) mass is 266 g/mol. The molecule has 2 rings (SSSR count). The van der Waals surface area contributed by atoms with Crippen molar-refractivity contribution in [2.75, 3.05) is 0 Å². The van der Waals surface area contributed by atoms with Gasteiger partial charge in [0.25, 0.3) is 0 Å². The Bertz CT molecular complexity index is 570. The van der Waals surface area contributed by atoms with Gasteiger partial charge in [0.15, 0.2) is 0 Å². The van der Waals surface area contributed by atoms with E-state index in [4.69, 9.17) is 16.3 Å². The second-order valence-corrected chi connectivity index (χ2v) is 4.36. The molecule has 2 aromatic carbocycles. The zero-order valence-electron chi connectivity index (χ0n) is 9.78. The average Bonchev–Trinajstić information content (AvgIpc) is 2.36. The maximum atomic E-state index is 13.1. The molecule has 0 fully saturated rings. The van der Waals surface area contributed by atoms with Crippen LogP contribution in [0.25, 0.3) is 0 Å². The first-order chi connectivity index (χ1) is 8.60. The quantitative estimate of drug-likeness (QED) is 0.907. The smallest absolute Gasteiger partial charge is 0.133 e. The van der Waals surface area contributed by atoms with Gasteiger partial charge < -0.3 is 9.84 Å². The molecule has 1 N–H and O–H groups in total. The fourth-order valence-corrected chi connectivity index (χ4v) is 1.77. The lowest BCUT2D eigenvalue weighted by Gasteiger charge is -2.12. The molecule has 0 saturated heterocycles. The highest BCUT2D eigenvalue weighted by Gasteiger charge is 2.08. The molecule has 2 aromatic rings. The molecule has 0 heterocycles. The number of aliphatic hydroxyl groups is 1. The maximum absolute atomic E-state index is 13.1. The third-order valence-electron chi connectivity index (χ3n) is 2.56. The van der Waals surface area contributed by atoms with Crippen molar-refractivity contribution < 1.29 is 14.2 Å². The summed E-state index contributed by atoms with van der Waals surface area (Å²) in [7, 11) is 0. The lowest BCUT2D eigenvalue weighted by molar-refractivity contribution is 0.276. The minimum Gasteiger partial charge on any atom is -0.457 e. The van der Waals surface area contributed by atoms with Gasteiger partial charge in [-0.1, -0.05) is 17.7 Å². The molecular formula is C14H12ClFO2. The van der Waals surface area contributed by atoms with E-state index >= 15 is 0 Å². The van der Waals surface area contributed by atoms with Crippen molar-refractivity contribution in [3.63, 3.8) is 0 Å². The molecule has 0 radical (unpaired) electrons. The van der Waals surface area contributed by atoms with Crippen molar-refractivity contribution in [1.82, 2.24) is 0 Å². The molecule has 0 bridgehead atoms. The number of aryl methyl sites for hydroxylation is 1. The molecule has 94 valence electrons. The largest absolute Gasteiger partial charge is 0.457 e. The summed E-state index contributed by atoms with van der Waals surface area (Å²) in [5.41, 5.74) is 1.38. The Morgan fingerprint density at radius 2 is 1.94 bits per heavy atom. The summed E-state index contributed by atoms with van der Waals surface area (Å²) in [5, 5.41) is 9.75. The zero-order chi connectivity index (χ0) is 13.1. The lowest BCUT2D eigenvalue weighted by Crippen LogP contribution is -1.94. The Kier molecular flexibility index (Phi) is 3.84. The number of aliphatic hydroxyl groups excluding tert-OH is 1. The fraction of sp³-hybridized carbons (Fsp3) is 0.143. The highest BCUT2D eigenvalue weighted by molar-refractivity contribution is 6.30. The molecule has 0 atom stereocenters. The van der Waals surface area contributed by atoms with Crippen molar-refractivity contribution in [3.05, 3.63) is 58.4 Å². The molecule has 0 aliphatic carbocycles. The average molecular weight is 267 g/mol. The van der Waals surface area contributed by atoms with E-state index in [1.165, 1.54) is 12.1 Å². The van der Waals surface area contributed by atoms with Gasteiger partial charge in [0.05, 0.1) is 6.61 Å². The Labute approximate surface area is 110 Å². The predicted molar refractivity (Wildman–Crippen MR) is 68.6 cm³/mol. The summed E-state index contributed by atoms with van der Waals surface area (Å²) in [6, 6.07) is 9.25. The highest BCUT2D eigenvalue weighted by Crippen LogP contribution is 2.30. The lowest BCUT2D eigenvalue weighted by atomic mass is 10.2. The van der Waals surface area contributed by atoms with Gasteiger partial charge in [0.2, 0.25) is 0 Å². The third kappa shape index (κ3) is 2.81. The Hall–Kier alpha value is -1.58. The number of benzene rings is 2. The van der Waals surface area contributed by atoms with E-state index in [0.29, 0.717) is 22.1 Å². The summed E-state index contributed by atoms with van der Waals surface area (Å²) in [6.45, 7) is 1.63. The third-order valence-corrected chi connectivity index (χ3v) is 2.80. The number of rotatable bonds is 3. The molecule has 0 aliphatic heterocycles. The van der Waals surface area contributed by atoms with Crippen LogP contribution in [0.1, 0.15) is 11.1 Å². The molecule has 4 heteroatoms. The SMILES string of the molecule is Cc1ccc(F)cc1Oc1ccc(Cl)cc1CO. The van der Waals surface area contributed by atoms with Crippen LogP contribution < -0.4 is 4.74 Å². The molecule has 0 aliphatic rings. The molecular weight excluding hydrogens is 255 g/mol. The van der Waals surface area contributed by atoms with Gasteiger partial charge in [-0.15, -0.1) is 0 Å². The second kappa shape index (κ2) is 5.38. The van der Waals surface area contributed by atoms with Crippen molar-refractivity contribution in [2.45, 2.75) is 13.5 Å². The normalized spacial score (nSPS) is 10.4. The van der Waals surface area contributed by atoms with Crippen LogP contribution in [-0.4, -0.2) is 5.11 Å². The molecule has 0 amide bonds. The fourth-order valence-electron chi connectivity index (χ4n) is 1.57. The number of halogens is 2. The van der Waals surface area contributed by atoms with E-state index < -0.39 is 0 Å². The topological polar surface area (TPSA) is 29.5 Å². The summed E-state index contributed by atoms with van der Waals surface area (Å²) in [6.07, 6.45) is 0. The van der Waals surface area contributed by atoms with E-state index in [-0.39, 0.29) is 12.4 Å². The van der Waals surface area contributed by atoms with Crippen molar-refractivity contribution in [3.8, 4) is 11.5 Å². The standard InChI is InChI=1S/C14H12ClFO2/c1-9-2-4-12(16)7-14(9)18-13-5-3-11(15)6-10(13)8-17/h2-7,17H,8H2,1H3. The number of hydrogen-bond acceptors (Lipinski definition) is 2. The van der Waals surface area contributed by atoms with E-state index in [2.05, 4.69) is 0 Å². The van der Waals surface area contributed by atoms with Crippen LogP contribution in [-0.2, 0) is 6.61 Å². The van der Waals surface area contributed by atoms with Gasteiger partial charge in [-0.25, -0.2) is 4.39 Å². The van der Waals surface area contributed by atoms with E-state index in [9.17, 15) is 9.50 Å². The molecule has 0 saturated carbocycles. The summed E-state index contributed by atoms with van der Waals surface area (Å²) >= 11 is 5.83. The molecule has 0 unspecified atom stereocenters. The number of ether oxygens (including phenoxy) is 1. The molecule has 18 heavy (non-hydrogen) atoms. The van der Waals surface area contributed by atoms with Crippen LogP contribution in [0, 0.1) is 12.7 Å². The van der Waals surface area contributed by atoms with Crippen LogP contribution in [0.3, 0.4) is 0 Å². The minimum atomic E-state index is -0.366.